The Hall–Kier alpha value is -2.19. The maximum absolute atomic E-state index is 9.40. The Morgan fingerprint density at radius 1 is 1.24 bits per heavy atom. The molecule has 1 N–H and O–H groups in total. The second kappa shape index (κ2) is 7.00. The third kappa shape index (κ3) is 3.47. The molecule has 6 heteroatoms. The number of rotatable bonds is 5. The number of nitrogens with zero attached hydrogens (tertiary/aromatic N) is 4. The lowest BCUT2D eigenvalue weighted by Gasteiger charge is -2.11. The van der Waals surface area contributed by atoms with Gasteiger partial charge in [-0.25, -0.2) is 4.98 Å². The fourth-order valence-corrected chi connectivity index (χ4v) is 2.23. The van der Waals surface area contributed by atoms with Crippen LogP contribution in [0.5, 0.6) is 0 Å². The highest BCUT2D eigenvalue weighted by Crippen LogP contribution is 2.20. The first-order chi connectivity index (χ1) is 10.2. The zero-order valence-electron chi connectivity index (χ0n) is 12.0. The molecule has 0 saturated heterocycles. The quantitative estimate of drug-likeness (QED) is 0.859. The summed E-state index contributed by atoms with van der Waals surface area (Å²) in [4.78, 5) is 4.02. The molecule has 0 aliphatic heterocycles. The molecular formula is C15H16ClN5. The van der Waals surface area contributed by atoms with Crippen LogP contribution in [0.1, 0.15) is 36.2 Å². The molecule has 0 radical (unpaired) electrons. The van der Waals surface area contributed by atoms with E-state index in [0.717, 1.165) is 29.7 Å². The topological polar surface area (TPSA) is 74.5 Å². The SMILES string of the molecule is CCc1nnc(NCc2ccc(Cl)nc2)c(C#N)c1CC. The van der Waals surface area contributed by atoms with E-state index >= 15 is 0 Å². The van der Waals surface area contributed by atoms with Crippen LogP contribution in [0.15, 0.2) is 18.3 Å². The zero-order chi connectivity index (χ0) is 15.2. The molecule has 2 rings (SSSR count). The maximum atomic E-state index is 9.40. The van der Waals surface area contributed by atoms with Crippen molar-refractivity contribution in [3.05, 3.63) is 45.9 Å². The Labute approximate surface area is 129 Å². The van der Waals surface area contributed by atoms with Crippen molar-refractivity contribution in [2.75, 3.05) is 5.32 Å². The number of aromatic nitrogens is 3. The van der Waals surface area contributed by atoms with Gasteiger partial charge in [0.1, 0.15) is 16.8 Å². The van der Waals surface area contributed by atoms with E-state index in [-0.39, 0.29) is 0 Å². The molecule has 2 aromatic heterocycles. The summed E-state index contributed by atoms with van der Waals surface area (Å²) < 4.78 is 0. The molecule has 0 aliphatic rings. The Morgan fingerprint density at radius 3 is 2.62 bits per heavy atom. The van der Waals surface area contributed by atoms with E-state index in [1.54, 1.807) is 12.3 Å². The van der Waals surface area contributed by atoms with Crippen LogP contribution in [-0.4, -0.2) is 15.2 Å². The summed E-state index contributed by atoms with van der Waals surface area (Å²) >= 11 is 5.75. The highest BCUT2D eigenvalue weighted by molar-refractivity contribution is 6.29. The van der Waals surface area contributed by atoms with E-state index < -0.39 is 0 Å². The van der Waals surface area contributed by atoms with Crippen LogP contribution in [-0.2, 0) is 19.4 Å². The van der Waals surface area contributed by atoms with Gasteiger partial charge in [0.05, 0.1) is 5.69 Å². The molecule has 0 aliphatic carbocycles. The third-order valence-corrected chi connectivity index (χ3v) is 3.43. The van der Waals surface area contributed by atoms with Crippen molar-refractivity contribution >= 4 is 17.4 Å². The van der Waals surface area contributed by atoms with Crippen molar-refractivity contribution in [2.24, 2.45) is 0 Å². The summed E-state index contributed by atoms with van der Waals surface area (Å²) in [6, 6.07) is 5.84. The van der Waals surface area contributed by atoms with Crippen molar-refractivity contribution in [1.29, 1.82) is 5.26 Å². The van der Waals surface area contributed by atoms with Crippen molar-refractivity contribution in [3.63, 3.8) is 0 Å². The van der Waals surface area contributed by atoms with Crippen LogP contribution < -0.4 is 5.32 Å². The van der Waals surface area contributed by atoms with Gasteiger partial charge in [-0.05, 0) is 30.0 Å². The van der Waals surface area contributed by atoms with Gasteiger partial charge in [0, 0.05) is 12.7 Å². The van der Waals surface area contributed by atoms with Gasteiger partial charge < -0.3 is 5.32 Å². The van der Waals surface area contributed by atoms with Gasteiger partial charge in [-0.15, -0.1) is 5.10 Å². The normalized spacial score (nSPS) is 10.2. The van der Waals surface area contributed by atoms with Crippen molar-refractivity contribution in [1.82, 2.24) is 15.2 Å². The number of hydrogen-bond donors (Lipinski definition) is 1. The summed E-state index contributed by atoms with van der Waals surface area (Å²) in [5, 5.41) is 21.3. The number of hydrogen-bond acceptors (Lipinski definition) is 5. The van der Waals surface area contributed by atoms with E-state index in [4.69, 9.17) is 11.6 Å². The monoisotopic (exact) mass is 301 g/mol. The largest absolute Gasteiger partial charge is 0.363 e. The Kier molecular flexibility index (Phi) is 5.07. The van der Waals surface area contributed by atoms with Crippen LogP contribution in [0.3, 0.4) is 0 Å². The number of aryl methyl sites for hydroxylation is 1. The van der Waals surface area contributed by atoms with Crippen molar-refractivity contribution < 1.29 is 0 Å². The fourth-order valence-electron chi connectivity index (χ4n) is 2.11. The van der Waals surface area contributed by atoms with Crippen LogP contribution in [0, 0.1) is 11.3 Å². The Balaban J connectivity index is 2.24. The molecule has 108 valence electrons. The number of nitriles is 1. The average Bonchev–Trinajstić information content (AvgIpc) is 2.53. The molecule has 0 saturated carbocycles. The van der Waals surface area contributed by atoms with E-state index in [0.29, 0.717) is 23.1 Å². The van der Waals surface area contributed by atoms with E-state index in [9.17, 15) is 5.26 Å². The molecule has 5 nitrogen and oxygen atoms in total. The molecule has 0 aromatic carbocycles. The van der Waals surface area contributed by atoms with Gasteiger partial charge in [-0.1, -0.05) is 31.5 Å². The lowest BCUT2D eigenvalue weighted by molar-refractivity contribution is 0.868. The predicted octanol–water partition coefficient (Wildman–Crippen LogP) is 3.13. The minimum atomic E-state index is 0.455. The first-order valence-electron chi connectivity index (χ1n) is 6.82. The van der Waals surface area contributed by atoms with Crippen LogP contribution in [0.2, 0.25) is 5.15 Å². The molecular weight excluding hydrogens is 286 g/mol. The van der Waals surface area contributed by atoms with Crippen molar-refractivity contribution in [2.45, 2.75) is 33.2 Å². The number of halogens is 1. The van der Waals surface area contributed by atoms with E-state index in [2.05, 4.69) is 26.6 Å². The molecule has 0 fully saturated rings. The standard InChI is InChI=1S/C15H16ClN5/c1-3-11-12(7-17)15(21-20-13(11)4-2)19-9-10-5-6-14(16)18-8-10/h5-6,8H,3-4,9H2,1-2H3,(H,19,21). The Morgan fingerprint density at radius 2 is 2.05 bits per heavy atom. The number of pyridine rings is 1. The van der Waals surface area contributed by atoms with Gasteiger partial charge >= 0.3 is 0 Å². The van der Waals surface area contributed by atoms with Crippen LogP contribution >= 0.6 is 11.6 Å². The average molecular weight is 302 g/mol. The first kappa shape index (κ1) is 15.2. The van der Waals surface area contributed by atoms with Gasteiger partial charge in [0.25, 0.3) is 0 Å². The zero-order valence-corrected chi connectivity index (χ0v) is 12.8. The second-order valence-corrected chi connectivity index (χ2v) is 4.90. The second-order valence-electron chi connectivity index (χ2n) is 4.51. The maximum Gasteiger partial charge on any atom is 0.167 e. The minimum absolute atomic E-state index is 0.455. The molecule has 0 amide bonds. The fraction of sp³-hybridized carbons (Fsp3) is 0.333. The molecule has 0 spiro atoms. The lowest BCUT2D eigenvalue weighted by atomic mass is 10.0. The minimum Gasteiger partial charge on any atom is -0.363 e. The smallest absolute Gasteiger partial charge is 0.167 e. The highest BCUT2D eigenvalue weighted by atomic mass is 35.5. The molecule has 21 heavy (non-hydrogen) atoms. The summed E-state index contributed by atoms with van der Waals surface area (Å²) in [7, 11) is 0. The molecule has 0 atom stereocenters. The van der Waals surface area contributed by atoms with Gasteiger partial charge in [-0.3, -0.25) is 0 Å². The number of anilines is 1. The predicted molar refractivity (Wildman–Crippen MR) is 82.1 cm³/mol. The van der Waals surface area contributed by atoms with E-state index in [1.807, 2.05) is 19.9 Å². The molecule has 2 heterocycles. The van der Waals surface area contributed by atoms with Gasteiger partial charge in [-0.2, -0.15) is 10.4 Å². The van der Waals surface area contributed by atoms with Crippen LogP contribution in [0.25, 0.3) is 0 Å². The summed E-state index contributed by atoms with van der Waals surface area (Å²) in [6.07, 6.45) is 3.22. The van der Waals surface area contributed by atoms with Gasteiger partial charge in [0.15, 0.2) is 5.82 Å². The molecule has 2 aromatic rings. The first-order valence-corrected chi connectivity index (χ1v) is 7.20. The highest BCUT2D eigenvalue weighted by Gasteiger charge is 2.13. The van der Waals surface area contributed by atoms with E-state index in [1.165, 1.54) is 0 Å². The van der Waals surface area contributed by atoms with Gasteiger partial charge in [0.2, 0.25) is 0 Å². The Bertz CT molecular complexity index is 661. The lowest BCUT2D eigenvalue weighted by Crippen LogP contribution is -2.10. The van der Waals surface area contributed by atoms with Crippen molar-refractivity contribution in [3.8, 4) is 6.07 Å². The third-order valence-electron chi connectivity index (χ3n) is 3.21. The number of nitrogens with one attached hydrogen (secondary N) is 1. The summed E-state index contributed by atoms with van der Waals surface area (Å²) in [6.45, 7) is 4.54. The molecule has 0 bridgehead atoms. The molecule has 0 unspecified atom stereocenters. The summed E-state index contributed by atoms with van der Waals surface area (Å²) in [5.41, 5.74) is 3.38. The van der Waals surface area contributed by atoms with Crippen LogP contribution in [0.4, 0.5) is 5.82 Å². The summed E-state index contributed by atoms with van der Waals surface area (Å²) in [5.74, 6) is 0.515.